The van der Waals surface area contributed by atoms with Gasteiger partial charge in [0.2, 0.25) is 0 Å². The average molecular weight is 370 g/mol. The number of amides is 1. The molecule has 4 rings (SSSR count). The molecule has 1 aromatic carbocycles. The first-order chi connectivity index (χ1) is 12.6. The summed E-state index contributed by atoms with van der Waals surface area (Å²) in [7, 11) is 0. The van der Waals surface area contributed by atoms with Crippen LogP contribution < -0.4 is 0 Å². The van der Waals surface area contributed by atoms with Gasteiger partial charge in [-0.3, -0.25) is 14.3 Å². The molecule has 0 radical (unpaired) electrons. The summed E-state index contributed by atoms with van der Waals surface area (Å²) in [6.45, 7) is 1.90. The number of thiazole rings is 1. The van der Waals surface area contributed by atoms with Gasteiger partial charge in [0, 0.05) is 25.1 Å². The second-order valence-corrected chi connectivity index (χ2v) is 7.25. The molecule has 0 aliphatic carbocycles. The molecular formula is C18H18N4O3S. The van der Waals surface area contributed by atoms with E-state index in [1.54, 1.807) is 5.51 Å². The van der Waals surface area contributed by atoms with Crippen molar-refractivity contribution in [3.8, 4) is 0 Å². The van der Waals surface area contributed by atoms with E-state index in [2.05, 4.69) is 10.1 Å². The number of nitrogens with zero attached hydrogens (tertiary/aromatic N) is 4. The average Bonchev–Trinajstić information content (AvgIpc) is 3.20. The lowest BCUT2D eigenvalue weighted by atomic mass is 10.1. The Labute approximate surface area is 153 Å². The molecule has 0 atom stereocenters. The Balaban J connectivity index is 1.54. The highest BCUT2D eigenvalue weighted by molar-refractivity contribution is 7.16. The number of carboxylic acid groups (broad SMARTS) is 1. The van der Waals surface area contributed by atoms with Crippen LogP contribution in [0.4, 0.5) is 0 Å². The summed E-state index contributed by atoms with van der Waals surface area (Å²) >= 11 is 1.53. The zero-order chi connectivity index (χ0) is 18.1. The summed E-state index contributed by atoms with van der Waals surface area (Å²) in [5.74, 6) is -0.828. The van der Waals surface area contributed by atoms with Crippen molar-refractivity contribution >= 4 is 33.4 Å². The minimum absolute atomic E-state index is 0.00189. The number of rotatable bonds is 4. The standard InChI is InChI=1S/C18H18N4O3S/c23-17(24)5-3-13-9-14-10-21(6-1-7-22(14)20-13)18(25)12-2-4-15-16(8-12)26-11-19-15/h2,4,8-9,11H,1,3,5-7,10H2,(H,23,24). The van der Waals surface area contributed by atoms with E-state index in [0.29, 0.717) is 25.1 Å². The molecule has 0 saturated carbocycles. The van der Waals surface area contributed by atoms with Crippen molar-refractivity contribution in [2.75, 3.05) is 6.54 Å². The Bertz CT molecular complexity index is 978. The van der Waals surface area contributed by atoms with Gasteiger partial charge >= 0.3 is 5.97 Å². The first-order valence-electron chi connectivity index (χ1n) is 8.50. The van der Waals surface area contributed by atoms with Gasteiger partial charge in [-0.1, -0.05) is 0 Å². The number of aliphatic carboxylic acids is 1. The van der Waals surface area contributed by atoms with Crippen LogP contribution in [0.5, 0.6) is 0 Å². The van der Waals surface area contributed by atoms with Gasteiger partial charge in [-0.25, -0.2) is 4.98 Å². The van der Waals surface area contributed by atoms with E-state index in [0.717, 1.165) is 34.6 Å². The SMILES string of the molecule is O=C(O)CCc1cc2n(n1)CCCN(C(=O)c1ccc3ncsc3c1)C2. The number of benzene rings is 1. The van der Waals surface area contributed by atoms with E-state index in [9.17, 15) is 9.59 Å². The van der Waals surface area contributed by atoms with E-state index in [1.807, 2.05) is 33.8 Å². The van der Waals surface area contributed by atoms with Gasteiger partial charge < -0.3 is 10.0 Å². The Morgan fingerprint density at radius 3 is 2.96 bits per heavy atom. The van der Waals surface area contributed by atoms with Crippen molar-refractivity contribution in [1.29, 1.82) is 0 Å². The third-order valence-electron chi connectivity index (χ3n) is 4.53. The zero-order valence-corrected chi connectivity index (χ0v) is 14.9. The molecule has 1 aliphatic heterocycles. The van der Waals surface area contributed by atoms with Gasteiger partial charge in [0.15, 0.2) is 0 Å². The molecule has 26 heavy (non-hydrogen) atoms. The highest BCUT2D eigenvalue weighted by atomic mass is 32.1. The molecule has 7 nitrogen and oxygen atoms in total. The maximum Gasteiger partial charge on any atom is 0.303 e. The molecule has 0 bridgehead atoms. The van der Waals surface area contributed by atoms with Crippen molar-refractivity contribution in [3.63, 3.8) is 0 Å². The smallest absolute Gasteiger partial charge is 0.303 e. The largest absolute Gasteiger partial charge is 0.481 e. The second-order valence-electron chi connectivity index (χ2n) is 6.36. The fourth-order valence-corrected chi connectivity index (χ4v) is 3.94. The van der Waals surface area contributed by atoms with Crippen molar-refractivity contribution in [1.82, 2.24) is 19.7 Å². The van der Waals surface area contributed by atoms with E-state index < -0.39 is 5.97 Å². The fourth-order valence-electron chi connectivity index (χ4n) is 3.22. The molecule has 1 N–H and O–H groups in total. The van der Waals surface area contributed by atoms with Crippen molar-refractivity contribution in [2.24, 2.45) is 0 Å². The van der Waals surface area contributed by atoms with Crippen LogP contribution in [0.15, 0.2) is 29.8 Å². The fraction of sp³-hybridized carbons (Fsp3) is 0.333. The van der Waals surface area contributed by atoms with E-state index in [1.165, 1.54) is 11.3 Å². The Hall–Kier alpha value is -2.74. The van der Waals surface area contributed by atoms with E-state index in [4.69, 9.17) is 5.11 Å². The number of carbonyl (C=O) groups is 2. The summed E-state index contributed by atoms with van der Waals surface area (Å²) in [5.41, 5.74) is 5.07. The molecule has 3 heterocycles. The Kier molecular flexibility index (Phi) is 4.42. The second kappa shape index (κ2) is 6.87. The van der Waals surface area contributed by atoms with Crippen LogP contribution in [0.3, 0.4) is 0 Å². The zero-order valence-electron chi connectivity index (χ0n) is 14.1. The monoisotopic (exact) mass is 370 g/mol. The Morgan fingerprint density at radius 2 is 2.12 bits per heavy atom. The number of hydrogen-bond acceptors (Lipinski definition) is 5. The molecule has 2 aromatic heterocycles. The Morgan fingerprint density at radius 1 is 1.23 bits per heavy atom. The molecule has 1 amide bonds. The van der Waals surface area contributed by atoms with Crippen molar-refractivity contribution in [3.05, 3.63) is 46.7 Å². The van der Waals surface area contributed by atoms with Gasteiger partial charge in [0.05, 0.1) is 40.1 Å². The van der Waals surface area contributed by atoms with Gasteiger partial charge in [-0.15, -0.1) is 11.3 Å². The summed E-state index contributed by atoms with van der Waals surface area (Å²) in [5, 5.41) is 13.3. The van der Waals surface area contributed by atoms with Gasteiger partial charge in [-0.2, -0.15) is 5.10 Å². The van der Waals surface area contributed by atoms with Crippen LogP contribution in [0.25, 0.3) is 10.2 Å². The molecule has 0 spiro atoms. The summed E-state index contributed by atoms with van der Waals surface area (Å²) in [6, 6.07) is 7.52. The highest BCUT2D eigenvalue weighted by Gasteiger charge is 2.22. The van der Waals surface area contributed by atoms with Crippen LogP contribution in [-0.4, -0.2) is 43.2 Å². The third-order valence-corrected chi connectivity index (χ3v) is 5.32. The quantitative estimate of drug-likeness (QED) is 0.762. The molecule has 1 aliphatic rings. The lowest BCUT2D eigenvalue weighted by Gasteiger charge is -2.20. The van der Waals surface area contributed by atoms with Gasteiger partial charge in [-0.05, 0) is 30.7 Å². The molecular weight excluding hydrogens is 352 g/mol. The summed E-state index contributed by atoms with van der Waals surface area (Å²) < 4.78 is 2.91. The van der Waals surface area contributed by atoms with Crippen LogP contribution >= 0.6 is 11.3 Å². The molecule has 8 heteroatoms. The topological polar surface area (TPSA) is 88.3 Å². The van der Waals surface area contributed by atoms with Gasteiger partial charge in [0.25, 0.3) is 5.91 Å². The summed E-state index contributed by atoms with van der Waals surface area (Å²) in [6.07, 6.45) is 1.29. The van der Waals surface area contributed by atoms with Crippen LogP contribution in [-0.2, 0) is 24.3 Å². The molecule has 0 unspecified atom stereocenters. The predicted molar refractivity (Wildman–Crippen MR) is 97.2 cm³/mol. The number of hydrogen-bond donors (Lipinski definition) is 1. The minimum Gasteiger partial charge on any atom is -0.481 e. The first kappa shape index (κ1) is 16.7. The first-order valence-corrected chi connectivity index (χ1v) is 9.38. The number of carbonyl (C=O) groups excluding carboxylic acids is 1. The molecule has 0 saturated heterocycles. The van der Waals surface area contributed by atoms with Gasteiger partial charge in [0.1, 0.15) is 0 Å². The molecule has 134 valence electrons. The maximum atomic E-state index is 13.0. The summed E-state index contributed by atoms with van der Waals surface area (Å²) in [4.78, 5) is 29.8. The van der Waals surface area contributed by atoms with Crippen LogP contribution in [0.2, 0.25) is 0 Å². The maximum absolute atomic E-state index is 13.0. The third kappa shape index (κ3) is 3.32. The van der Waals surface area contributed by atoms with Crippen molar-refractivity contribution < 1.29 is 14.7 Å². The number of aryl methyl sites for hydroxylation is 2. The number of carboxylic acids is 1. The lowest BCUT2D eigenvalue weighted by molar-refractivity contribution is -0.136. The number of fused-ring (bicyclic) bond motifs is 2. The lowest BCUT2D eigenvalue weighted by Crippen LogP contribution is -2.30. The van der Waals surface area contributed by atoms with Crippen LogP contribution in [0.1, 0.15) is 34.6 Å². The number of aromatic nitrogens is 3. The molecule has 3 aromatic rings. The van der Waals surface area contributed by atoms with Crippen molar-refractivity contribution in [2.45, 2.75) is 32.4 Å². The minimum atomic E-state index is -0.830. The normalized spacial score (nSPS) is 14.2. The highest BCUT2D eigenvalue weighted by Crippen LogP contribution is 2.22. The van der Waals surface area contributed by atoms with Crippen LogP contribution in [0, 0.1) is 0 Å². The van der Waals surface area contributed by atoms with E-state index >= 15 is 0 Å². The predicted octanol–water partition coefficient (Wildman–Crippen LogP) is 2.56. The van der Waals surface area contributed by atoms with E-state index in [-0.39, 0.29) is 12.3 Å². The molecule has 0 fully saturated rings.